The molecule has 0 aromatic carbocycles. The Bertz CT molecular complexity index is 729. The van der Waals surface area contributed by atoms with Crippen molar-refractivity contribution in [3.05, 3.63) is 30.6 Å². The molecule has 3 heterocycles. The zero-order chi connectivity index (χ0) is 20.5. The predicted octanol–water partition coefficient (Wildman–Crippen LogP) is 1.56. The molecule has 0 unspecified atom stereocenters. The lowest BCUT2D eigenvalue weighted by molar-refractivity contribution is 0.158. The van der Waals surface area contributed by atoms with E-state index in [0.717, 1.165) is 75.9 Å². The minimum absolute atomic E-state index is 0.659. The molecule has 0 radical (unpaired) electrons. The number of hydrogen-bond acceptors (Lipinski definition) is 8. The van der Waals surface area contributed by atoms with E-state index in [1.807, 2.05) is 24.4 Å². The van der Waals surface area contributed by atoms with Gasteiger partial charge in [0.1, 0.15) is 5.82 Å². The predicted molar refractivity (Wildman–Crippen MR) is 119 cm³/mol. The molecule has 8 nitrogen and oxygen atoms in total. The van der Waals surface area contributed by atoms with E-state index in [2.05, 4.69) is 56.4 Å². The van der Waals surface area contributed by atoms with Gasteiger partial charge in [0.2, 0.25) is 5.95 Å². The fourth-order valence-electron chi connectivity index (χ4n) is 3.29. The lowest BCUT2D eigenvalue weighted by atomic mass is 10.2. The maximum Gasteiger partial charge on any atom is 0.225 e. The summed E-state index contributed by atoms with van der Waals surface area (Å²) in [5.41, 5.74) is 1.87. The molecule has 0 bridgehead atoms. The Kier molecular flexibility index (Phi) is 8.15. The Balaban J connectivity index is 1.62. The van der Waals surface area contributed by atoms with Crippen LogP contribution in [0.2, 0.25) is 0 Å². The van der Waals surface area contributed by atoms with Crippen molar-refractivity contribution in [3.8, 4) is 11.3 Å². The molecule has 1 fully saturated rings. The molecule has 2 aromatic rings. The molecule has 1 aliphatic rings. The van der Waals surface area contributed by atoms with Crippen LogP contribution in [0, 0.1) is 0 Å². The van der Waals surface area contributed by atoms with E-state index >= 15 is 0 Å². The molecule has 0 amide bonds. The second-order valence-corrected chi connectivity index (χ2v) is 7.86. The van der Waals surface area contributed by atoms with Gasteiger partial charge in [-0.25, -0.2) is 4.98 Å². The van der Waals surface area contributed by atoms with E-state index in [1.54, 1.807) is 6.20 Å². The van der Waals surface area contributed by atoms with Gasteiger partial charge in [-0.3, -0.25) is 9.88 Å². The zero-order valence-electron chi connectivity index (χ0n) is 17.9. The molecule has 0 spiro atoms. The molecule has 29 heavy (non-hydrogen) atoms. The zero-order valence-corrected chi connectivity index (χ0v) is 17.9. The van der Waals surface area contributed by atoms with E-state index in [0.29, 0.717) is 5.95 Å². The van der Waals surface area contributed by atoms with E-state index in [9.17, 15) is 0 Å². The molecule has 0 saturated carbocycles. The summed E-state index contributed by atoms with van der Waals surface area (Å²) < 4.78 is 0. The molecule has 1 aliphatic heterocycles. The van der Waals surface area contributed by atoms with Crippen molar-refractivity contribution >= 4 is 11.8 Å². The van der Waals surface area contributed by atoms with E-state index in [1.165, 1.54) is 0 Å². The van der Waals surface area contributed by atoms with Crippen LogP contribution < -0.4 is 10.6 Å². The molecule has 8 heteroatoms. The number of piperazine rings is 1. The third kappa shape index (κ3) is 7.23. The first-order valence-electron chi connectivity index (χ1n) is 10.4. The largest absolute Gasteiger partial charge is 0.369 e. The first-order valence-corrected chi connectivity index (χ1v) is 10.4. The van der Waals surface area contributed by atoms with Crippen molar-refractivity contribution in [2.75, 3.05) is 84.1 Å². The number of pyridine rings is 1. The highest BCUT2D eigenvalue weighted by molar-refractivity contribution is 5.63. The fourth-order valence-corrected chi connectivity index (χ4v) is 3.29. The van der Waals surface area contributed by atoms with Gasteiger partial charge in [0.25, 0.3) is 0 Å². The van der Waals surface area contributed by atoms with Gasteiger partial charge in [-0.05, 0) is 46.2 Å². The van der Waals surface area contributed by atoms with Gasteiger partial charge in [-0.1, -0.05) is 0 Å². The van der Waals surface area contributed by atoms with Crippen LogP contribution in [0.1, 0.15) is 6.42 Å². The van der Waals surface area contributed by atoms with Crippen LogP contribution in [-0.2, 0) is 0 Å². The first-order chi connectivity index (χ1) is 14.1. The number of hydrogen-bond donors (Lipinski definition) is 2. The van der Waals surface area contributed by atoms with Crippen LogP contribution in [0.3, 0.4) is 0 Å². The maximum absolute atomic E-state index is 4.69. The van der Waals surface area contributed by atoms with Gasteiger partial charge >= 0.3 is 0 Å². The molecule has 3 rings (SSSR count). The minimum atomic E-state index is 0.659. The average Bonchev–Trinajstić information content (AvgIpc) is 2.73. The molecule has 2 N–H and O–H groups in total. The smallest absolute Gasteiger partial charge is 0.225 e. The molecular formula is C21H34N8. The molecule has 2 aromatic heterocycles. The number of anilines is 2. The highest BCUT2D eigenvalue weighted by Crippen LogP contribution is 2.20. The minimum Gasteiger partial charge on any atom is -0.369 e. The Hall–Kier alpha value is -2.29. The average molecular weight is 399 g/mol. The second-order valence-electron chi connectivity index (χ2n) is 7.86. The number of aromatic nitrogens is 3. The van der Waals surface area contributed by atoms with E-state index in [-0.39, 0.29) is 0 Å². The lowest BCUT2D eigenvalue weighted by Gasteiger charge is -2.32. The summed E-state index contributed by atoms with van der Waals surface area (Å²) in [6.45, 7) is 8.29. The highest BCUT2D eigenvalue weighted by Gasteiger charge is 2.13. The molecule has 0 aliphatic carbocycles. The van der Waals surface area contributed by atoms with Crippen molar-refractivity contribution < 1.29 is 0 Å². The van der Waals surface area contributed by atoms with Crippen molar-refractivity contribution in [2.24, 2.45) is 0 Å². The summed E-state index contributed by atoms with van der Waals surface area (Å²) in [6.07, 6.45) is 4.66. The standard InChI is InChI=1S/C21H34N8/c1-27(2)10-5-8-24-21-25-19(18-6-4-7-22-17-18)16-20(26-21)23-9-11-29-14-12-28(3)13-15-29/h4,6-7,16-17H,5,8-15H2,1-3H3,(H2,23,24,25,26). The van der Waals surface area contributed by atoms with E-state index in [4.69, 9.17) is 4.98 Å². The molecule has 158 valence electrons. The molecular weight excluding hydrogens is 364 g/mol. The van der Waals surface area contributed by atoms with Gasteiger partial charge in [-0.2, -0.15) is 4.98 Å². The number of nitrogens with zero attached hydrogens (tertiary/aromatic N) is 6. The normalized spacial score (nSPS) is 15.6. The van der Waals surface area contributed by atoms with Crippen molar-refractivity contribution in [1.29, 1.82) is 0 Å². The van der Waals surface area contributed by atoms with Crippen LogP contribution in [-0.4, -0.2) is 103 Å². The van der Waals surface area contributed by atoms with Gasteiger partial charge in [0.05, 0.1) is 5.69 Å². The Morgan fingerprint density at radius 3 is 2.62 bits per heavy atom. The topological polar surface area (TPSA) is 72.5 Å². The molecule has 1 saturated heterocycles. The Morgan fingerprint density at radius 2 is 1.90 bits per heavy atom. The SMILES string of the molecule is CN(C)CCCNc1nc(NCCN2CCN(C)CC2)cc(-c2cccnc2)n1. The van der Waals surface area contributed by atoms with Crippen molar-refractivity contribution in [1.82, 2.24) is 29.7 Å². The van der Waals surface area contributed by atoms with Crippen molar-refractivity contribution in [3.63, 3.8) is 0 Å². The summed E-state index contributed by atoms with van der Waals surface area (Å²) in [5.74, 6) is 1.51. The van der Waals surface area contributed by atoms with Gasteiger partial charge in [0, 0.05) is 69.8 Å². The summed E-state index contributed by atoms with van der Waals surface area (Å²) in [6, 6.07) is 5.97. The number of nitrogens with one attached hydrogen (secondary N) is 2. The van der Waals surface area contributed by atoms with Crippen molar-refractivity contribution in [2.45, 2.75) is 6.42 Å². The number of rotatable bonds is 10. The third-order valence-corrected chi connectivity index (χ3v) is 5.08. The van der Waals surface area contributed by atoms with Crippen LogP contribution in [0.4, 0.5) is 11.8 Å². The summed E-state index contributed by atoms with van der Waals surface area (Å²) in [7, 11) is 6.35. The maximum atomic E-state index is 4.69. The third-order valence-electron chi connectivity index (χ3n) is 5.08. The van der Waals surface area contributed by atoms with E-state index < -0.39 is 0 Å². The highest BCUT2D eigenvalue weighted by atomic mass is 15.3. The van der Waals surface area contributed by atoms with Crippen LogP contribution in [0.15, 0.2) is 30.6 Å². The Labute approximate surface area is 174 Å². The number of likely N-dealkylation sites (N-methyl/N-ethyl adjacent to an activating group) is 1. The lowest BCUT2D eigenvalue weighted by Crippen LogP contribution is -2.45. The Morgan fingerprint density at radius 1 is 1.07 bits per heavy atom. The van der Waals surface area contributed by atoms with Gasteiger partial charge < -0.3 is 20.4 Å². The summed E-state index contributed by atoms with van der Waals surface area (Å²) in [5, 5.41) is 6.86. The fraction of sp³-hybridized carbons (Fsp3) is 0.571. The molecule has 0 atom stereocenters. The van der Waals surface area contributed by atoms with Crippen LogP contribution >= 0.6 is 0 Å². The van der Waals surface area contributed by atoms with Gasteiger partial charge in [-0.15, -0.1) is 0 Å². The first kappa shape index (κ1) is 21.4. The van der Waals surface area contributed by atoms with Crippen LogP contribution in [0.25, 0.3) is 11.3 Å². The second kappa shape index (κ2) is 11.0. The van der Waals surface area contributed by atoms with Gasteiger partial charge in [0.15, 0.2) is 0 Å². The summed E-state index contributed by atoms with van der Waals surface area (Å²) >= 11 is 0. The summed E-state index contributed by atoms with van der Waals surface area (Å²) in [4.78, 5) is 20.7. The quantitative estimate of drug-likeness (QED) is 0.584. The van der Waals surface area contributed by atoms with Crippen LogP contribution in [0.5, 0.6) is 0 Å². The monoisotopic (exact) mass is 398 g/mol.